The second kappa shape index (κ2) is 7.36. The molecular weight excluding hydrogens is 336 g/mol. The van der Waals surface area contributed by atoms with Crippen molar-refractivity contribution in [1.29, 1.82) is 0 Å². The van der Waals surface area contributed by atoms with Crippen LogP contribution in [-0.4, -0.2) is 53.5 Å². The molecule has 0 aromatic carbocycles. The Balaban J connectivity index is 1.48. The van der Waals surface area contributed by atoms with Crippen molar-refractivity contribution >= 4 is 17.7 Å². The van der Waals surface area contributed by atoms with Gasteiger partial charge in [-0.3, -0.25) is 0 Å². The zero-order valence-electron chi connectivity index (χ0n) is 14.3. The first kappa shape index (κ1) is 16.3. The van der Waals surface area contributed by atoms with Crippen molar-refractivity contribution in [3.05, 3.63) is 36.7 Å². The van der Waals surface area contributed by atoms with Crippen molar-refractivity contribution in [2.75, 3.05) is 43.6 Å². The Hall–Kier alpha value is -3.20. The average molecular weight is 354 g/mol. The van der Waals surface area contributed by atoms with Gasteiger partial charge < -0.3 is 24.2 Å². The predicted molar refractivity (Wildman–Crippen MR) is 94.6 cm³/mol. The lowest BCUT2D eigenvalue weighted by Crippen LogP contribution is -2.37. The fourth-order valence-corrected chi connectivity index (χ4v) is 2.58. The number of nitrogens with zero attached hydrogens (tertiary/aromatic N) is 5. The first-order valence-electron chi connectivity index (χ1n) is 8.22. The number of ether oxygens (including phenoxy) is 2. The molecular formula is C17H18N6O3. The summed E-state index contributed by atoms with van der Waals surface area (Å²) in [5.41, 5.74) is 1.50. The minimum atomic E-state index is 0.488. The SMILES string of the molecule is COc1ccc(-c2cc(Nc3ccnc(N4CCOCC4)n3)on2)cn1. The number of methoxy groups -OCH3 is 1. The summed E-state index contributed by atoms with van der Waals surface area (Å²) < 4.78 is 15.8. The molecule has 134 valence electrons. The van der Waals surface area contributed by atoms with Crippen LogP contribution in [-0.2, 0) is 4.74 Å². The zero-order valence-corrected chi connectivity index (χ0v) is 14.3. The van der Waals surface area contributed by atoms with Gasteiger partial charge in [-0.1, -0.05) is 5.16 Å². The maximum atomic E-state index is 5.36. The van der Waals surface area contributed by atoms with Crippen molar-refractivity contribution in [1.82, 2.24) is 20.1 Å². The van der Waals surface area contributed by atoms with Crippen LogP contribution in [0.1, 0.15) is 0 Å². The van der Waals surface area contributed by atoms with E-state index in [1.54, 1.807) is 37.7 Å². The third-order valence-electron chi connectivity index (χ3n) is 3.94. The molecule has 1 aliphatic rings. The van der Waals surface area contributed by atoms with E-state index in [0.717, 1.165) is 18.7 Å². The molecule has 4 rings (SSSR count). The number of anilines is 3. The monoisotopic (exact) mass is 354 g/mol. The molecule has 1 aliphatic heterocycles. The van der Waals surface area contributed by atoms with Gasteiger partial charge in [0.1, 0.15) is 11.5 Å². The largest absolute Gasteiger partial charge is 0.481 e. The normalized spacial score (nSPS) is 14.3. The Kier molecular flexibility index (Phi) is 4.61. The number of hydrogen-bond acceptors (Lipinski definition) is 9. The van der Waals surface area contributed by atoms with Crippen LogP contribution < -0.4 is 15.0 Å². The summed E-state index contributed by atoms with van der Waals surface area (Å²) in [5, 5.41) is 7.17. The van der Waals surface area contributed by atoms with E-state index < -0.39 is 0 Å². The summed E-state index contributed by atoms with van der Waals surface area (Å²) in [6, 6.07) is 7.21. The standard InChI is InChI=1S/C17H18N6O3/c1-24-15-3-2-12(11-19-15)13-10-16(26-22-13)20-14-4-5-18-17(21-14)23-6-8-25-9-7-23/h2-5,10-11H,6-9H2,1H3,(H,18,20,21). The van der Waals surface area contributed by atoms with E-state index in [9.17, 15) is 0 Å². The van der Waals surface area contributed by atoms with Crippen LogP contribution in [0.2, 0.25) is 0 Å². The van der Waals surface area contributed by atoms with Gasteiger partial charge in [-0.2, -0.15) is 4.98 Å². The van der Waals surface area contributed by atoms with Gasteiger partial charge in [-0.05, 0) is 12.1 Å². The van der Waals surface area contributed by atoms with Crippen molar-refractivity contribution in [2.45, 2.75) is 0 Å². The molecule has 9 heteroatoms. The lowest BCUT2D eigenvalue weighted by atomic mass is 10.2. The summed E-state index contributed by atoms with van der Waals surface area (Å²) >= 11 is 0. The number of aromatic nitrogens is 4. The maximum absolute atomic E-state index is 5.36. The van der Waals surface area contributed by atoms with E-state index in [1.807, 2.05) is 6.07 Å². The molecule has 0 amide bonds. The Morgan fingerprint density at radius 1 is 1.15 bits per heavy atom. The van der Waals surface area contributed by atoms with Crippen LogP contribution in [0.25, 0.3) is 11.3 Å². The van der Waals surface area contributed by atoms with E-state index in [0.29, 0.717) is 42.4 Å². The molecule has 1 saturated heterocycles. The Bertz CT molecular complexity index is 861. The Morgan fingerprint density at radius 3 is 2.81 bits per heavy atom. The fraction of sp³-hybridized carbons (Fsp3) is 0.294. The lowest BCUT2D eigenvalue weighted by molar-refractivity contribution is 0.122. The summed E-state index contributed by atoms with van der Waals surface area (Å²) in [6.45, 7) is 2.92. The molecule has 0 spiro atoms. The molecule has 0 aliphatic carbocycles. The highest BCUT2D eigenvalue weighted by molar-refractivity contribution is 5.63. The van der Waals surface area contributed by atoms with Crippen molar-refractivity contribution in [3.8, 4) is 17.1 Å². The zero-order chi connectivity index (χ0) is 17.8. The molecule has 0 atom stereocenters. The molecule has 9 nitrogen and oxygen atoms in total. The molecule has 1 fully saturated rings. The van der Waals surface area contributed by atoms with Crippen molar-refractivity contribution in [2.24, 2.45) is 0 Å². The maximum Gasteiger partial charge on any atom is 0.230 e. The van der Waals surface area contributed by atoms with E-state index in [-0.39, 0.29) is 0 Å². The third-order valence-corrected chi connectivity index (χ3v) is 3.94. The van der Waals surface area contributed by atoms with Gasteiger partial charge in [0.05, 0.1) is 20.3 Å². The molecule has 26 heavy (non-hydrogen) atoms. The van der Waals surface area contributed by atoms with Gasteiger partial charge in [-0.25, -0.2) is 9.97 Å². The highest BCUT2D eigenvalue weighted by Gasteiger charge is 2.14. The van der Waals surface area contributed by atoms with Gasteiger partial charge in [0.15, 0.2) is 0 Å². The number of morpholine rings is 1. The smallest absolute Gasteiger partial charge is 0.230 e. The average Bonchev–Trinajstić information content (AvgIpc) is 3.17. The topological polar surface area (TPSA) is 98.4 Å². The fourth-order valence-electron chi connectivity index (χ4n) is 2.58. The number of rotatable bonds is 5. The highest BCUT2D eigenvalue weighted by Crippen LogP contribution is 2.24. The van der Waals surface area contributed by atoms with Crippen LogP contribution in [0.3, 0.4) is 0 Å². The summed E-state index contributed by atoms with van der Waals surface area (Å²) in [7, 11) is 1.58. The predicted octanol–water partition coefficient (Wildman–Crippen LogP) is 2.12. The van der Waals surface area contributed by atoms with E-state index in [4.69, 9.17) is 14.0 Å². The van der Waals surface area contributed by atoms with E-state index >= 15 is 0 Å². The van der Waals surface area contributed by atoms with Gasteiger partial charge >= 0.3 is 0 Å². The third kappa shape index (κ3) is 3.57. The quantitative estimate of drug-likeness (QED) is 0.738. The van der Waals surface area contributed by atoms with Gasteiger partial charge in [0, 0.05) is 43.2 Å². The minimum absolute atomic E-state index is 0.488. The first-order chi connectivity index (χ1) is 12.8. The van der Waals surface area contributed by atoms with Crippen LogP contribution in [0.4, 0.5) is 17.7 Å². The van der Waals surface area contributed by atoms with E-state index in [1.165, 1.54) is 0 Å². The van der Waals surface area contributed by atoms with Crippen LogP contribution in [0.15, 0.2) is 41.2 Å². The molecule has 0 saturated carbocycles. The molecule has 4 heterocycles. The summed E-state index contributed by atoms with van der Waals surface area (Å²) in [4.78, 5) is 15.1. The number of pyridine rings is 1. The summed E-state index contributed by atoms with van der Waals surface area (Å²) in [5.74, 6) is 2.34. The second-order valence-corrected chi connectivity index (χ2v) is 5.63. The van der Waals surface area contributed by atoms with Crippen LogP contribution >= 0.6 is 0 Å². The molecule has 3 aromatic rings. The van der Waals surface area contributed by atoms with E-state index in [2.05, 4.69) is 30.3 Å². The molecule has 1 N–H and O–H groups in total. The molecule has 3 aromatic heterocycles. The van der Waals surface area contributed by atoms with Crippen molar-refractivity contribution in [3.63, 3.8) is 0 Å². The van der Waals surface area contributed by atoms with Gasteiger partial charge in [-0.15, -0.1) is 0 Å². The molecule has 0 bridgehead atoms. The Morgan fingerprint density at radius 2 is 2.04 bits per heavy atom. The molecule has 0 radical (unpaired) electrons. The molecule has 0 unspecified atom stereocenters. The Labute approximate surface area is 150 Å². The van der Waals surface area contributed by atoms with Crippen molar-refractivity contribution < 1.29 is 14.0 Å². The highest BCUT2D eigenvalue weighted by atomic mass is 16.5. The minimum Gasteiger partial charge on any atom is -0.481 e. The van der Waals surface area contributed by atoms with Gasteiger partial charge in [0.25, 0.3) is 0 Å². The lowest BCUT2D eigenvalue weighted by Gasteiger charge is -2.26. The van der Waals surface area contributed by atoms with Crippen LogP contribution in [0.5, 0.6) is 5.88 Å². The summed E-state index contributed by atoms with van der Waals surface area (Å²) in [6.07, 6.45) is 3.40. The second-order valence-electron chi connectivity index (χ2n) is 5.63. The first-order valence-corrected chi connectivity index (χ1v) is 8.22. The number of hydrogen-bond donors (Lipinski definition) is 1. The number of nitrogens with one attached hydrogen (secondary N) is 1. The van der Waals surface area contributed by atoms with Gasteiger partial charge in [0.2, 0.25) is 17.7 Å². The van der Waals surface area contributed by atoms with Crippen LogP contribution in [0, 0.1) is 0 Å².